The molecular weight excluding hydrogens is 338 g/mol. The minimum absolute atomic E-state index is 0.101. The van der Waals surface area contributed by atoms with Crippen molar-refractivity contribution >= 4 is 33.7 Å². The number of carbonyl (C=O) groups excluding carboxylic acids is 1. The molecule has 0 heterocycles. The summed E-state index contributed by atoms with van der Waals surface area (Å²) < 4.78 is 5.93. The van der Waals surface area contributed by atoms with Crippen molar-refractivity contribution in [3.05, 3.63) is 28.2 Å². The van der Waals surface area contributed by atoms with Gasteiger partial charge in [-0.2, -0.15) is 0 Å². The van der Waals surface area contributed by atoms with Crippen LogP contribution in [0.3, 0.4) is 0 Å². The molecule has 0 saturated heterocycles. The molecule has 0 aliphatic carbocycles. The zero-order chi connectivity index (χ0) is 15.2. The Morgan fingerprint density at radius 1 is 1.40 bits per heavy atom. The molecule has 0 aliphatic heterocycles. The van der Waals surface area contributed by atoms with Crippen molar-refractivity contribution < 1.29 is 9.53 Å². The molecule has 0 unspecified atom stereocenters. The molecule has 112 valence electrons. The lowest BCUT2D eigenvalue weighted by molar-refractivity contribution is -0.139. The van der Waals surface area contributed by atoms with Crippen LogP contribution in [0.4, 0.5) is 0 Å². The quantitative estimate of drug-likeness (QED) is 0.615. The molecule has 20 heavy (non-hydrogen) atoms. The maximum Gasteiger partial charge on any atom is 0.316 e. The van der Waals surface area contributed by atoms with Crippen LogP contribution in [0.15, 0.2) is 27.6 Å². The Kier molecular flexibility index (Phi) is 7.06. The van der Waals surface area contributed by atoms with Gasteiger partial charge in [0.05, 0.1) is 12.4 Å². The van der Waals surface area contributed by atoms with Crippen molar-refractivity contribution in [3.8, 4) is 0 Å². The van der Waals surface area contributed by atoms with Gasteiger partial charge in [-0.15, -0.1) is 11.8 Å². The molecule has 0 saturated carbocycles. The molecule has 0 atom stereocenters. The Morgan fingerprint density at radius 3 is 2.65 bits per heavy atom. The summed E-state index contributed by atoms with van der Waals surface area (Å²) in [6.07, 6.45) is 0. The molecule has 0 radical (unpaired) electrons. The number of hydrogen-bond acceptors (Lipinski definition) is 4. The van der Waals surface area contributed by atoms with Crippen molar-refractivity contribution in [2.75, 3.05) is 12.4 Å². The van der Waals surface area contributed by atoms with Crippen LogP contribution in [0.1, 0.15) is 33.3 Å². The van der Waals surface area contributed by atoms with Crippen LogP contribution in [0, 0.1) is 0 Å². The van der Waals surface area contributed by atoms with Gasteiger partial charge in [0.15, 0.2) is 0 Å². The maximum absolute atomic E-state index is 11.3. The van der Waals surface area contributed by atoms with Crippen LogP contribution < -0.4 is 5.32 Å². The van der Waals surface area contributed by atoms with Gasteiger partial charge >= 0.3 is 5.97 Å². The maximum atomic E-state index is 11.3. The fraction of sp³-hybridized carbons (Fsp3) is 0.533. The number of hydrogen-bond donors (Lipinski definition) is 1. The molecule has 0 spiro atoms. The Morgan fingerprint density at radius 2 is 2.10 bits per heavy atom. The summed E-state index contributed by atoms with van der Waals surface area (Å²) in [5, 5.41) is 3.45. The van der Waals surface area contributed by atoms with Crippen LogP contribution in [0.5, 0.6) is 0 Å². The first-order valence-corrected chi connectivity index (χ1v) is 8.41. The molecular formula is C15H22BrNO2S. The smallest absolute Gasteiger partial charge is 0.316 e. The summed E-state index contributed by atoms with van der Waals surface area (Å²) in [7, 11) is 0. The van der Waals surface area contributed by atoms with Crippen LogP contribution in [0.25, 0.3) is 0 Å². The molecule has 1 N–H and O–H groups in total. The summed E-state index contributed by atoms with van der Waals surface area (Å²) in [5.41, 5.74) is 1.32. The Hall–Kier alpha value is -0.520. The number of thioether (sulfide) groups is 1. The van der Waals surface area contributed by atoms with Gasteiger partial charge in [0.25, 0.3) is 0 Å². The minimum atomic E-state index is -0.178. The Labute approximate surface area is 134 Å². The summed E-state index contributed by atoms with van der Waals surface area (Å²) in [5.74, 6) is 0.161. The molecule has 1 aromatic carbocycles. The number of esters is 1. The number of benzene rings is 1. The Bertz CT molecular complexity index is 458. The van der Waals surface area contributed by atoms with E-state index in [4.69, 9.17) is 4.74 Å². The van der Waals surface area contributed by atoms with E-state index < -0.39 is 0 Å². The molecule has 0 aliphatic rings. The zero-order valence-corrected chi connectivity index (χ0v) is 14.9. The second-order valence-electron chi connectivity index (χ2n) is 5.46. The molecule has 1 aromatic rings. The Balaban J connectivity index is 2.57. The highest BCUT2D eigenvalue weighted by Gasteiger charge is 2.10. The SMILES string of the molecule is CCOC(=O)CSc1ccc(CNC(C)(C)C)cc1Br. The van der Waals surface area contributed by atoms with E-state index in [9.17, 15) is 4.79 Å². The molecule has 5 heteroatoms. The van der Waals surface area contributed by atoms with E-state index in [1.54, 1.807) is 0 Å². The first-order valence-electron chi connectivity index (χ1n) is 6.63. The topological polar surface area (TPSA) is 38.3 Å². The monoisotopic (exact) mass is 359 g/mol. The number of ether oxygens (including phenoxy) is 1. The lowest BCUT2D eigenvalue weighted by Gasteiger charge is -2.20. The fourth-order valence-corrected chi connectivity index (χ4v) is 2.97. The van der Waals surface area contributed by atoms with E-state index in [0.29, 0.717) is 12.4 Å². The molecule has 0 fully saturated rings. The predicted octanol–water partition coefficient (Wildman–Crippen LogP) is 3.99. The van der Waals surface area contributed by atoms with Gasteiger partial charge in [0.2, 0.25) is 0 Å². The van der Waals surface area contributed by atoms with Crippen LogP contribution in [0.2, 0.25) is 0 Å². The van der Waals surface area contributed by atoms with Crippen molar-refractivity contribution in [2.24, 2.45) is 0 Å². The number of rotatable bonds is 6. The van der Waals surface area contributed by atoms with Crippen molar-refractivity contribution in [2.45, 2.75) is 44.7 Å². The summed E-state index contributed by atoms with van der Waals surface area (Å²) in [6.45, 7) is 9.50. The van der Waals surface area contributed by atoms with Crippen LogP contribution in [-0.4, -0.2) is 23.9 Å². The highest BCUT2D eigenvalue weighted by atomic mass is 79.9. The first kappa shape index (κ1) is 17.5. The van der Waals surface area contributed by atoms with Crippen molar-refractivity contribution in [1.82, 2.24) is 5.32 Å². The van der Waals surface area contributed by atoms with Gasteiger partial charge in [0, 0.05) is 21.5 Å². The van der Waals surface area contributed by atoms with E-state index in [0.717, 1.165) is 15.9 Å². The lowest BCUT2D eigenvalue weighted by atomic mass is 10.1. The van der Waals surface area contributed by atoms with Crippen LogP contribution >= 0.6 is 27.7 Å². The summed E-state index contributed by atoms with van der Waals surface area (Å²) >= 11 is 5.04. The van der Waals surface area contributed by atoms with Gasteiger partial charge in [-0.3, -0.25) is 4.79 Å². The average molecular weight is 360 g/mol. The van der Waals surface area contributed by atoms with Crippen LogP contribution in [-0.2, 0) is 16.1 Å². The molecule has 1 rings (SSSR count). The van der Waals surface area contributed by atoms with Crippen molar-refractivity contribution in [1.29, 1.82) is 0 Å². The zero-order valence-electron chi connectivity index (χ0n) is 12.5. The van der Waals surface area contributed by atoms with E-state index in [2.05, 4.69) is 54.2 Å². The standard InChI is InChI=1S/C15H22BrNO2S/c1-5-19-14(18)10-20-13-7-6-11(8-12(13)16)9-17-15(2,3)4/h6-8,17H,5,9-10H2,1-4H3. The normalized spacial score (nSPS) is 11.4. The lowest BCUT2D eigenvalue weighted by Crippen LogP contribution is -2.35. The summed E-state index contributed by atoms with van der Waals surface area (Å²) in [6, 6.07) is 6.21. The van der Waals surface area contributed by atoms with E-state index in [1.165, 1.54) is 17.3 Å². The molecule has 0 bridgehead atoms. The highest BCUT2D eigenvalue weighted by Crippen LogP contribution is 2.28. The molecule has 0 amide bonds. The third kappa shape index (κ3) is 6.77. The third-order valence-electron chi connectivity index (χ3n) is 2.47. The number of nitrogens with one attached hydrogen (secondary N) is 1. The van der Waals surface area contributed by atoms with Gasteiger partial charge in [-0.05, 0) is 61.3 Å². The largest absolute Gasteiger partial charge is 0.465 e. The first-order chi connectivity index (χ1) is 9.31. The van der Waals surface area contributed by atoms with Crippen molar-refractivity contribution in [3.63, 3.8) is 0 Å². The molecule has 0 aromatic heterocycles. The number of carbonyl (C=O) groups is 1. The fourth-order valence-electron chi connectivity index (χ4n) is 1.48. The van der Waals surface area contributed by atoms with Gasteiger partial charge in [-0.25, -0.2) is 0 Å². The van der Waals surface area contributed by atoms with E-state index in [1.807, 2.05) is 13.0 Å². The molecule has 3 nitrogen and oxygen atoms in total. The third-order valence-corrected chi connectivity index (χ3v) is 4.44. The minimum Gasteiger partial charge on any atom is -0.465 e. The van der Waals surface area contributed by atoms with E-state index >= 15 is 0 Å². The number of halogens is 1. The second-order valence-corrected chi connectivity index (χ2v) is 7.33. The summed E-state index contributed by atoms with van der Waals surface area (Å²) in [4.78, 5) is 12.4. The van der Waals surface area contributed by atoms with Gasteiger partial charge < -0.3 is 10.1 Å². The highest BCUT2D eigenvalue weighted by molar-refractivity contribution is 9.10. The van der Waals surface area contributed by atoms with E-state index in [-0.39, 0.29) is 11.5 Å². The van der Waals surface area contributed by atoms with Gasteiger partial charge in [-0.1, -0.05) is 6.07 Å². The predicted molar refractivity (Wildman–Crippen MR) is 88.1 cm³/mol. The average Bonchev–Trinajstić information content (AvgIpc) is 2.34. The van der Waals surface area contributed by atoms with Gasteiger partial charge in [0.1, 0.15) is 0 Å². The second kappa shape index (κ2) is 8.05.